The van der Waals surface area contributed by atoms with Gasteiger partial charge in [0.1, 0.15) is 5.76 Å². The average molecular weight is 371 g/mol. The van der Waals surface area contributed by atoms with Crippen LogP contribution in [0.15, 0.2) is 42.2 Å². The van der Waals surface area contributed by atoms with Crippen molar-refractivity contribution < 1.29 is 13.9 Å². The molecule has 0 aliphatic carbocycles. The zero-order valence-electron chi connectivity index (χ0n) is 15.4. The van der Waals surface area contributed by atoms with Crippen molar-refractivity contribution in [1.82, 2.24) is 14.8 Å². The molecule has 0 atom stereocenters. The van der Waals surface area contributed by atoms with Crippen molar-refractivity contribution in [2.75, 3.05) is 30.8 Å². The van der Waals surface area contributed by atoms with Gasteiger partial charge in [0.15, 0.2) is 23.1 Å². The Labute approximate surface area is 156 Å². The Morgan fingerprint density at radius 3 is 2.70 bits per heavy atom. The van der Waals surface area contributed by atoms with Crippen LogP contribution >= 0.6 is 0 Å². The second-order valence-electron chi connectivity index (χ2n) is 6.13. The molecule has 142 valence electrons. The number of carbonyl (C=O) groups excluding carboxylic acids is 1. The van der Waals surface area contributed by atoms with E-state index < -0.39 is 11.7 Å². The van der Waals surface area contributed by atoms with Gasteiger partial charge in [-0.3, -0.25) is 4.79 Å². The number of methoxy groups -OCH3 is 1. The largest absolute Gasteiger partial charge is 0.496 e. The van der Waals surface area contributed by atoms with Gasteiger partial charge in [0.2, 0.25) is 0 Å². The van der Waals surface area contributed by atoms with Gasteiger partial charge in [-0.15, -0.1) is 5.10 Å². The molecule has 27 heavy (non-hydrogen) atoms. The molecular formula is C19H22FN5O2. The van der Waals surface area contributed by atoms with Crippen molar-refractivity contribution in [2.45, 2.75) is 19.8 Å². The highest BCUT2D eigenvalue weighted by Crippen LogP contribution is 2.28. The second-order valence-corrected chi connectivity index (χ2v) is 6.13. The fraction of sp³-hybridized carbons (Fsp3) is 0.316. The number of allylic oxidation sites excluding steroid dienone is 4. The van der Waals surface area contributed by atoms with Crippen molar-refractivity contribution in [2.24, 2.45) is 0 Å². The summed E-state index contributed by atoms with van der Waals surface area (Å²) in [6.45, 7) is 6.83. The molecule has 0 aromatic carbocycles. The lowest BCUT2D eigenvalue weighted by Gasteiger charge is -2.17. The minimum Gasteiger partial charge on any atom is -0.496 e. The molecule has 2 aromatic rings. The van der Waals surface area contributed by atoms with Gasteiger partial charge >= 0.3 is 0 Å². The van der Waals surface area contributed by atoms with E-state index in [1.54, 1.807) is 13.0 Å². The molecule has 8 heteroatoms. The number of nitrogen functional groups attached to an aromatic ring is 1. The predicted octanol–water partition coefficient (Wildman–Crippen LogP) is 3.06. The van der Waals surface area contributed by atoms with Crippen LogP contribution in [0.2, 0.25) is 0 Å². The van der Waals surface area contributed by atoms with Gasteiger partial charge in [-0.2, -0.15) is 4.68 Å². The summed E-state index contributed by atoms with van der Waals surface area (Å²) < 4.78 is 20.9. The molecule has 2 aromatic heterocycles. The van der Waals surface area contributed by atoms with Gasteiger partial charge in [-0.25, -0.2) is 9.37 Å². The third-order valence-corrected chi connectivity index (χ3v) is 4.48. The molecule has 3 heterocycles. The first-order valence-electron chi connectivity index (χ1n) is 8.69. The predicted molar refractivity (Wildman–Crippen MR) is 103 cm³/mol. The number of aromatic nitrogens is 3. The number of fused-ring (bicyclic) bond motifs is 1. The number of nitrogens with zero attached hydrogens (tertiary/aromatic N) is 4. The highest BCUT2D eigenvalue weighted by Gasteiger charge is 2.25. The fourth-order valence-corrected chi connectivity index (χ4v) is 3.20. The van der Waals surface area contributed by atoms with Crippen molar-refractivity contribution >= 4 is 28.6 Å². The number of halogens is 1. The first-order valence-corrected chi connectivity index (χ1v) is 8.69. The minimum atomic E-state index is -0.488. The van der Waals surface area contributed by atoms with Gasteiger partial charge in [0, 0.05) is 13.1 Å². The zero-order valence-corrected chi connectivity index (χ0v) is 15.4. The van der Waals surface area contributed by atoms with Crippen molar-refractivity contribution in [3.8, 4) is 0 Å². The van der Waals surface area contributed by atoms with E-state index in [4.69, 9.17) is 10.5 Å². The zero-order chi connectivity index (χ0) is 19.6. The van der Waals surface area contributed by atoms with Crippen LogP contribution in [0.4, 0.5) is 16.0 Å². The molecule has 1 saturated heterocycles. The van der Waals surface area contributed by atoms with Crippen LogP contribution in [0.1, 0.15) is 24.6 Å². The summed E-state index contributed by atoms with van der Waals surface area (Å²) in [6.07, 6.45) is 6.61. The monoisotopic (exact) mass is 371 g/mol. The first-order chi connectivity index (χ1) is 13.0. The normalized spacial score (nSPS) is 15.4. The Hall–Kier alpha value is -3.16. The maximum absolute atomic E-state index is 14.5. The summed E-state index contributed by atoms with van der Waals surface area (Å²) in [5.74, 6) is -0.352. The van der Waals surface area contributed by atoms with Crippen LogP contribution in [-0.2, 0) is 4.74 Å². The lowest BCUT2D eigenvalue weighted by atomic mass is 10.1. The van der Waals surface area contributed by atoms with E-state index in [1.165, 1.54) is 25.3 Å². The molecular weight excluding hydrogens is 349 g/mol. The maximum Gasteiger partial charge on any atom is 0.283 e. The summed E-state index contributed by atoms with van der Waals surface area (Å²) in [5.41, 5.74) is 6.37. The molecule has 1 fully saturated rings. The summed E-state index contributed by atoms with van der Waals surface area (Å²) in [5, 5.41) is 4.38. The minimum absolute atomic E-state index is 0.0371. The van der Waals surface area contributed by atoms with E-state index in [-0.39, 0.29) is 22.9 Å². The van der Waals surface area contributed by atoms with Gasteiger partial charge < -0.3 is 15.4 Å². The second kappa shape index (κ2) is 7.61. The lowest BCUT2D eigenvalue weighted by molar-refractivity contribution is 0.0938. The number of anilines is 2. The SMILES string of the molecule is C=C/C=C(C(=O)n1nc(N)c2cc(F)c(N3CCCC3)nc21)\C(=C/C)OC. The number of nitrogens with two attached hydrogens (primary N) is 1. The van der Waals surface area contributed by atoms with Crippen LogP contribution in [0.3, 0.4) is 0 Å². The molecule has 0 amide bonds. The van der Waals surface area contributed by atoms with E-state index in [0.29, 0.717) is 11.1 Å². The molecule has 1 aliphatic heterocycles. The summed E-state index contributed by atoms with van der Waals surface area (Å²) in [6, 6.07) is 1.28. The van der Waals surface area contributed by atoms with Crippen molar-refractivity contribution in [1.29, 1.82) is 0 Å². The molecule has 3 rings (SSSR count). The molecule has 1 aliphatic rings. The Kier molecular flexibility index (Phi) is 5.25. The van der Waals surface area contributed by atoms with E-state index in [0.717, 1.165) is 30.6 Å². The lowest BCUT2D eigenvalue weighted by Crippen LogP contribution is -2.22. The summed E-state index contributed by atoms with van der Waals surface area (Å²) >= 11 is 0. The first kappa shape index (κ1) is 18.6. The number of ether oxygens (including phenoxy) is 1. The average Bonchev–Trinajstić information content (AvgIpc) is 3.29. The molecule has 0 bridgehead atoms. The number of rotatable bonds is 5. The molecule has 7 nitrogen and oxygen atoms in total. The Bertz CT molecular complexity index is 955. The van der Waals surface area contributed by atoms with Crippen LogP contribution in [-0.4, -0.2) is 40.9 Å². The Balaban J connectivity index is 2.16. The van der Waals surface area contributed by atoms with Gasteiger partial charge in [0.25, 0.3) is 5.91 Å². The number of pyridine rings is 1. The van der Waals surface area contributed by atoms with Crippen LogP contribution in [0.5, 0.6) is 0 Å². The van der Waals surface area contributed by atoms with Gasteiger partial charge in [-0.1, -0.05) is 12.7 Å². The van der Waals surface area contributed by atoms with Gasteiger partial charge in [-0.05, 0) is 38.0 Å². The Morgan fingerprint density at radius 2 is 2.11 bits per heavy atom. The molecule has 0 spiro atoms. The smallest absolute Gasteiger partial charge is 0.283 e. The van der Waals surface area contributed by atoms with Crippen LogP contribution in [0, 0.1) is 5.82 Å². The van der Waals surface area contributed by atoms with Gasteiger partial charge in [0.05, 0.1) is 18.1 Å². The molecule has 0 unspecified atom stereocenters. The van der Waals surface area contributed by atoms with Crippen molar-refractivity contribution in [3.05, 3.63) is 48.0 Å². The highest BCUT2D eigenvalue weighted by molar-refractivity contribution is 6.04. The van der Waals surface area contributed by atoms with E-state index >= 15 is 0 Å². The number of hydrogen-bond donors (Lipinski definition) is 1. The maximum atomic E-state index is 14.5. The van der Waals surface area contributed by atoms with E-state index in [1.807, 2.05) is 4.90 Å². The summed E-state index contributed by atoms with van der Waals surface area (Å²) in [7, 11) is 1.47. The molecule has 2 N–H and O–H groups in total. The third kappa shape index (κ3) is 3.30. The standard InChI is InChI=1S/C19H22FN5O2/c1-4-8-12(15(5-2)27-3)19(26)25-17-13(16(21)23-25)11-14(20)18(22-17)24-9-6-7-10-24/h4-5,8,11H,1,6-7,9-10H2,2-3H3,(H2,21,23)/b12-8+,15-5+. The van der Waals surface area contributed by atoms with E-state index in [9.17, 15) is 9.18 Å². The van der Waals surface area contributed by atoms with Crippen LogP contribution < -0.4 is 10.6 Å². The fourth-order valence-electron chi connectivity index (χ4n) is 3.20. The topological polar surface area (TPSA) is 86.3 Å². The van der Waals surface area contributed by atoms with Crippen molar-refractivity contribution in [3.63, 3.8) is 0 Å². The number of hydrogen-bond acceptors (Lipinski definition) is 6. The summed E-state index contributed by atoms with van der Waals surface area (Å²) in [4.78, 5) is 19.3. The van der Waals surface area contributed by atoms with Crippen LogP contribution in [0.25, 0.3) is 11.0 Å². The molecule has 0 radical (unpaired) electrons. The highest BCUT2D eigenvalue weighted by atomic mass is 19.1. The quantitative estimate of drug-likeness (QED) is 0.494. The Morgan fingerprint density at radius 1 is 1.41 bits per heavy atom. The molecule has 0 saturated carbocycles. The third-order valence-electron chi connectivity index (χ3n) is 4.48. The van der Waals surface area contributed by atoms with E-state index in [2.05, 4.69) is 16.7 Å². The number of carbonyl (C=O) groups is 1.